The molecule has 30 heavy (non-hydrogen) atoms. The number of likely N-dealkylation sites (tertiary alicyclic amines) is 1. The van der Waals surface area contributed by atoms with E-state index in [9.17, 15) is 4.79 Å². The van der Waals surface area contributed by atoms with Gasteiger partial charge in [-0.15, -0.1) is 0 Å². The lowest BCUT2D eigenvalue weighted by Gasteiger charge is -2.31. The van der Waals surface area contributed by atoms with Crippen LogP contribution < -0.4 is 0 Å². The van der Waals surface area contributed by atoms with E-state index in [1.165, 1.54) is 35.1 Å². The fourth-order valence-corrected chi connectivity index (χ4v) is 4.73. The Morgan fingerprint density at radius 2 is 1.77 bits per heavy atom. The molecule has 0 bridgehead atoms. The summed E-state index contributed by atoms with van der Waals surface area (Å²) in [4.78, 5) is 15.7. The Bertz CT molecular complexity index is 957. The van der Waals surface area contributed by atoms with Gasteiger partial charge in [-0.1, -0.05) is 55.0 Å². The lowest BCUT2D eigenvalue weighted by Crippen LogP contribution is -2.41. The molecule has 1 atom stereocenters. The van der Waals surface area contributed by atoms with E-state index in [2.05, 4.69) is 75.1 Å². The summed E-state index contributed by atoms with van der Waals surface area (Å²) in [5.41, 5.74) is 7.04. The monoisotopic (exact) mass is 403 g/mol. The summed E-state index contributed by atoms with van der Waals surface area (Å²) in [6.45, 7) is 11.1. The summed E-state index contributed by atoms with van der Waals surface area (Å²) in [6.07, 6.45) is 3.11. The molecule has 2 aliphatic heterocycles. The van der Waals surface area contributed by atoms with Crippen LogP contribution in [0.1, 0.15) is 60.0 Å². The molecular formula is C26H33N3O. The van der Waals surface area contributed by atoms with Crippen LogP contribution in [-0.2, 0) is 4.79 Å². The number of hydrazone groups is 1. The van der Waals surface area contributed by atoms with Crippen LogP contribution in [0.3, 0.4) is 0 Å². The Kier molecular flexibility index (Phi) is 6.05. The molecule has 1 saturated heterocycles. The van der Waals surface area contributed by atoms with Crippen LogP contribution in [0.25, 0.3) is 0 Å². The van der Waals surface area contributed by atoms with Crippen LogP contribution in [0.15, 0.2) is 47.6 Å². The Labute approximate surface area is 180 Å². The second-order valence-corrected chi connectivity index (χ2v) is 9.14. The number of hydrogen-bond acceptors (Lipinski definition) is 3. The third-order valence-corrected chi connectivity index (χ3v) is 6.64. The van der Waals surface area contributed by atoms with Crippen molar-refractivity contribution in [2.45, 2.75) is 53.0 Å². The number of amides is 1. The van der Waals surface area contributed by atoms with Crippen molar-refractivity contribution in [2.24, 2.45) is 11.0 Å². The average molecular weight is 404 g/mol. The number of carbonyl (C=O) groups is 1. The quantitative estimate of drug-likeness (QED) is 0.718. The van der Waals surface area contributed by atoms with Gasteiger partial charge in [-0.2, -0.15) is 5.10 Å². The molecule has 4 rings (SSSR count). The minimum atomic E-state index is -0.0295. The number of benzene rings is 2. The van der Waals surface area contributed by atoms with Crippen molar-refractivity contribution in [3.05, 3.63) is 70.3 Å². The smallest absolute Gasteiger partial charge is 0.257 e. The molecule has 4 nitrogen and oxygen atoms in total. The molecule has 1 amide bonds. The number of carbonyl (C=O) groups excluding carboxylic acids is 1. The Hall–Kier alpha value is -2.46. The van der Waals surface area contributed by atoms with Crippen molar-refractivity contribution in [2.75, 3.05) is 19.6 Å². The Morgan fingerprint density at radius 1 is 1.03 bits per heavy atom. The summed E-state index contributed by atoms with van der Waals surface area (Å²) in [5, 5.41) is 6.67. The standard InChI is InChI=1S/C26H33N3O/c1-18-11-13-28(14-12-18)17-26(30)29-25(23-8-6-5-7-20(23)3)16-24(27-29)22-10-9-19(2)15-21(22)4/h5-10,15,18,25H,11-14,16-17H2,1-4H3. The average Bonchev–Trinajstić information content (AvgIpc) is 3.15. The third-order valence-electron chi connectivity index (χ3n) is 6.64. The highest BCUT2D eigenvalue weighted by molar-refractivity contribution is 6.04. The number of aryl methyl sites for hydroxylation is 3. The van der Waals surface area contributed by atoms with Gasteiger partial charge in [0.1, 0.15) is 0 Å². The van der Waals surface area contributed by atoms with Crippen molar-refractivity contribution in [1.82, 2.24) is 9.91 Å². The Balaban J connectivity index is 1.62. The van der Waals surface area contributed by atoms with Crippen molar-refractivity contribution in [3.63, 3.8) is 0 Å². The first-order valence-electron chi connectivity index (χ1n) is 11.2. The molecule has 2 aliphatic rings. The zero-order valence-corrected chi connectivity index (χ0v) is 18.7. The fourth-order valence-electron chi connectivity index (χ4n) is 4.73. The van der Waals surface area contributed by atoms with E-state index >= 15 is 0 Å². The summed E-state index contributed by atoms with van der Waals surface area (Å²) in [5.74, 6) is 0.870. The maximum Gasteiger partial charge on any atom is 0.257 e. The number of hydrogen-bond donors (Lipinski definition) is 0. The molecule has 0 spiro atoms. The van der Waals surface area contributed by atoms with Gasteiger partial charge in [-0.05, 0) is 69.3 Å². The van der Waals surface area contributed by atoms with Gasteiger partial charge in [-0.25, -0.2) is 5.01 Å². The first-order chi connectivity index (χ1) is 14.4. The zero-order chi connectivity index (χ0) is 21.3. The second kappa shape index (κ2) is 8.73. The van der Waals surface area contributed by atoms with Crippen molar-refractivity contribution < 1.29 is 4.79 Å². The molecule has 2 aromatic rings. The van der Waals surface area contributed by atoms with Crippen molar-refractivity contribution in [3.8, 4) is 0 Å². The van der Waals surface area contributed by atoms with Crippen LogP contribution in [-0.4, -0.2) is 41.2 Å². The maximum atomic E-state index is 13.4. The molecule has 0 radical (unpaired) electrons. The summed E-state index contributed by atoms with van der Waals surface area (Å²) in [7, 11) is 0. The molecule has 0 N–H and O–H groups in total. The van der Waals surface area contributed by atoms with E-state index in [1.54, 1.807) is 5.01 Å². The number of piperidine rings is 1. The minimum Gasteiger partial charge on any atom is -0.294 e. The molecule has 0 saturated carbocycles. The van der Waals surface area contributed by atoms with Gasteiger partial charge in [0.25, 0.3) is 5.91 Å². The minimum absolute atomic E-state index is 0.0295. The molecule has 0 aromatic heterocycles. The Morgan fingerprint density at radius 3 is 2.47 bits per heavy atom. The van der Waals surface area contributed by atoms with Gasteiger partial charge in [-0.3, -0.25) is 9.69 Å². The molecule has 0 aliphatic carbocycles. The summed E-state index contributed by atoms with van der Waals surface area (Å²) in [6, 6.07) is 14.8. The lowest BCUT2D eigenvalue weighted by atomic mass is 9.93. The largest absolute Gasteiger partial charge is 0.294 e. The van der Waals surface area contributed by atoms with Crippen LogP contribution in [0.4, 0.5) is 0 Å². The van der Waals surface area contributed by atoms with E-state index < -0.39 is 0 Å². The SMILES string of the molecule is Cc1ccc(C2=NN(C(=O)CN3CCC(C)CC3)C(c3ccccc3C)C2)c(C)c1. The van der Waals surface area contributed by atoms with Crippen LogP contribution in [0.2, 0.25) is 0 Å². The van der Waals surface area contributed by atoms with E-state index in [-0.39, 0.29) is 11.9 Å². The van der Waals surface area contributed by atoms with E-state index in [0.29, 0.717) is 6.54 Å². The predicted octanol–water partition coefficient (Wildman–Crippen LogP) is 5.02. The molecule has 158 valence electrons. The first kappa shape index (κ1) is 20.8. The highest BCUT2D eigenvalue weighted by atomic mass is 16.2. The van der Waals surface area contributed by atoms with Gasteiger partial charge in [0.05, 0.1) is 18.3 Å². The fraction of sp³-hybridized carbons (Fsp3) is 0.462. The lowest BCUT2D eigenvalue weighted by molar-refractivity contribution is -0.134. The van der Waals surface area contributed by atoms with Gasteiger partial charge >= 0.3 is 0 Å². The highest BCUT2D eigenvalue weighted by Crippen LogP contribution is 2.35. The van der Waals surface area contributed by atoms with Crippen LogP contribution in [0, 0.1) is 26.7 Å². The third kappa shape index (κ3) is 4.34. The topological polar surface area (TPSA) is 35.9 Å². The van der Waals surface area contributed by atoms with E-state index in [4.69, 9.17) is 5.10 Å². The predicted molar refractivity (Wildman–Crippen MR) is 123 cm³/mol. The molecule has 1 unspecified atom stereocenters. The summed E-state index contributed by atoms with van der Waals surface area (Å²) >= 11 is 0. The molecule has 2 aromatic carbocycles. The zero-order valence-electron chi connectivity index (χ0n) is 18.7. The van der Waals surface area contributed by atoms with E-state index in [1.807, 2.05) is 0 Å². The molecule has 2 heterocycles. The summed E-state index contributed by atoms with van der Waals surface area (Å²) < 4.78 is 0. The second-order valence-electron chi connectivity index (χ2n) is 9.14. The van der Waals surface area contributed by atoms with Crippen LogP contribution in [0.5, 0.6) is 0 Å². The molecule has 4 heteroatoms. The van der Waals surface area contributed by atoms with Gasteiger partial charge in [0.2, 0.25) is 0 Å². The van der Waals surface area contributed by atoms with Gasteiger partial charge in [0, 0.05) is 12.0 Å². The first-order valence-corrected chi connectivity index (χ1v) is 11.2. The highest BCUT2D eigenvalue weighted by Gasteiger charge is 2.35. The number of nitrogens with zero attached hydrogens (tertiary/aromatic N) is 3. The van der Waals surface area contributed by atoms with Crippen molar-refractivity contribution >= 4 is 11.6 Å². The molecule has 1 fully saturated rings. The maximum absolute atomic E-state index is 13.4. The van der Waals surface area contributed by atoms with E-state index in [0.717, 1.165) is 36.7 Å². The van der Waals surface area contributed by atoms with Gasteiger partial charge < -0.3 is 0 Å². The molecular weight excluding hydrogens is 370 g/mol. The number of rotatable bonds is 4. The van der Waals surface area contributed by atoms with Crippen LogP contribution >= 0.6 is 0 Å². The van der Waals surface area contributed by atoms with Crippen molar-refractivity contribution in [1.29, 1.82) is 0 Å². The normalized spacial score (nSPS) is 20.5. The van der Waals surface area contributed by atoms with Gasteiger partial charge in [0.15, 0.2) is 0 Å².